The van der Waals surface area contributed by atoms with Crippen LogP contribution in [0.5, 0.6) is 11.5 Å². The number of guanidine groups is 1. The largest absolute Gasteiger partial charge is 0.497 e. The van der Waals surface area contributed by atoms with E-state index < -0.39 is 0 Å². The molecule has 0 saturated carbocycles. The molecule has 2 heterocycles. The number of piperazine rings is 1. The standard InChI is InChI=1S/C20H28N4O2S.HI/c1-21-20(22-13-16-6-11-27-15-16)24-9-7-23(8-10-24)14-17-12-18(25-2)4-5-19(17)26-3;/h4-6,11-12,15H,7-10,13-14H2,1-3H3,(H,21,22);1H. The minimum atomic E-state index is 0. The molecule has 28 heavy (non-hydrogen) atoms. The van der Waals surface area contributed by atoms with Gasteiger partial charge in [-0.05, 0) is 40.6 Å². The fourth-order valence-electron chi connectivity index (χ4n) is 3.27. The van der Waals surface area contributed by atoms with Crippen LogP contribution in [0, 0.1) is 0 Å². The third-order valence-corrected chi connectivity index (χ3v) is 5.53. The SMILES string of the molecule is CN=C(NCc1ccsc1)N1CCN(Cc2cc(OC)ccc2OC)CC1.I. The Balaban J connectivity index is 0.00000280. The van der Waals surface area contributed by atoms with Crippen LogP contribution >= 0.6 is 35.3 Å². The molecule has 1 aromatic heterocycles. The van der Waals surface area contributed by atoms with Crippen molar-refractivity contribution in [2.24, 2.45) is 4.99 Å². The predicted molar refractivity (Wildman–Crippen MR) is 126 cm³/mol. The van der Waals surface area contributed by atoms with Gasteiger partial charge in [-0.3, -0.25) is 9.89 Å². The van der Waals surface area contributed by atoms with Crippen molar-refractivity contribution in [1.82, 2.24) is 15.1 Å². The minimum Gasteiger partial charge on any atom is -0.497 e. The van der Waals surface area contributed by atoms with Crippen LogP contribution in [-0.2, 0) is 13.1 Å². The molecule has 3 rings (SSSR count). The Morgan fingerprint density at radius 1 is 1.14 bits per heavy atom. The zero-order valence-electron chi connectivity index (χ0n) is 16.7. The first-order valence-electron chi connectivity index (χ1n) is 9.13. The molecule has 2 aromatic rings. The van der Waals surface area contributed by atoms with E-state index in [1.165, 1.54) is 5.56 Å². The number of thiophene rings is 1. The molecule has 6 nitrogen and oxygen atoms in total. The van der Waals surface area contributed by atoms with Gasteiger partial charge < -0.3 is 19.7 Å². The molecule has 1 aromatic carbocycles. The highest BCUT2D eigenvalue weighted by atomic mass is 127. The van der Waals surface area contributed by atoms with E-state index in [1.807, 2.05) is 19.2 Å². The quantitative estimate of drug-likeness (QED) is 0.363. The highest BCUT2D eigenvalue weighted by Crippen LogP contribution is 2.25. The molecule has 0 amide bonds. The number of aliphatic imine (C=N–C) groups is 1. The van der Waals surface area contributed by atoms with Crippen molar-refractivity contribution in [1.29, 1.82) is 0 Å². The molecule has 0 bridgehead atoms. The van der Waals surface area contributed by atoms with Crippen molar-refractivity contribution >= 4 is 41.3 Å². The highest BCUT2D eigenvalue weighted by molar-refractivity contribution is 14.0. The zero-order chi connectivity index (χ0) is 19.1. The lowest BCUT2D eigenvalue weighted by atomic mass is 10.1. The van der Waals surface area contributed by atoms with E-state index in [4.69, 9.17) is 9.47 Å². The molecule has 0 unspecified atom stereocenters. The zero-order valence-corrected chi connectivity index (χ0v) is 19.8. The average Bonchev–Trinajstić information content (AvgIpc) is 3.23. The number of rotatable bonds is 6. The molecular formula is C20H29IN4O2S. The van der Waals surface area contributed by atoms with Gasteiger partial charge >= 0.3 is 0 Å². The first-order valence-corrected chi connectivity index (χ1v) is 10.1. The van der Waals surface area contributed by atoms with Crippen molar-refractivity contribution in [2.45, 2.75) is 13.1 Å². The summed E-state index contributed by atoms with van der Waals surface area (Å²) in [5, 5.41) is 7.74. The molecule has 1 saturated heterocycles. The highest BCUT2D eigenvalue weighted by Gasteiger charge is 2.20. The van der Waals surface area contributed by atoms with E-state index in [-0.39, 0.29) is 24.0 Å². The van der Waals surface area contributed by atoms with Crippen LogP contribution in [0.1, 0.15) is 11.1 Å². The second-order valence-corrected chi connectivity index (χ2v) is 7.25. The summed E-state index contributed by atoms with van der Waals surface area (Å²) in [5.41, 5.74) is 2.45. The van der Waals surface area contributed by atoms with Gasteiger partial charge in [0.1, 0.15) is 11.5 Å². The number of benzene rings is 1. The lowest BCUT2D eigenvalue weighted by molar-refractivity contribution is 0.171. The third kappa shape index (κ3) is 5.99. The summed E-state index contributed by atoms with van der Waals surface area (Å²) in [5.74, 6) is 2.74. The Hall–Kier alpha value is -1.52. The Labute approximate surface area is 188 Å². The number of hydrogen-bond donors (Lipinski definition) is 1. The van der Waals surface area contributed by atoms with Crippen molar-refractivity contribution < 1.29 is 9.47 Å². The summed E-state index contributed by atoms with van der Waals surface area (Å²) in [6.07, 6.45) is 0. The number of halogens is 1. The van der Waals surface area contributed by atoms with Crippen molar-refractivity contribution in [2.75, 3.05) is 47.4 Å². The van der Waals surface area contributed by atoms with Crippen LogP contribution in [-0.4, -0.2) is 63.2 Å². The first-order chi connectivity index (χ1) is 13.2. The summed E-state index contributed by atoms with van der Waals surface area (Å²) in [7, 11) is 5.26. The lowest BCUT2D eigenvalue weighted by Crippen LogP contribution is -2.52. The molecule has 0 atom stereocenters. The van der Waals surface area contributed by atoms with Gasteiger partial charge in [0, 0.05) is 51.9 Å². The second-order valence-electron chi connectivity index (χ2n) is 6.47. The maximum absolute atomic E-state index is 5.51. The van der Waals surface area contributed by atoms with Crippen LogP contribution in [0.15, 0.2) is 40.0 Å². The molecule has 1 N–H and O–H groups in total. The fourth-order valence-corrected chi connectivity index (χ4v) is 3.94. The van der Waals surface area contributed by atoms with E-state index in [0.717, 1.165) is 62.3 Å². The second kappa shape index (κ2) is 11.5. The van der Waals surface area contributed by atoms with Crippen LogP contribution in [0.25, 0.3) is 0 Å². The third-order valence-electron chi connectivity index (χ3n) is 4.80. The normalized spacial score (nSPS) is 15.1. The van der Waals surface area contributed by atoms with Gasteiger partial charge in [0.15, 0.2) is 5.96 Å². The van der Waals surface area contributed by atoms with Gasteiger partial charge in [-0.1, -0.05) is 0 Å². The molecule has 8 heteroatoms. The first kappa shape index (κ1) is 22.8. The van der Waals surface area contributed by atoms with Crippen LogP contribution in [0.4, 0.5) is 0 Å². The molecule has 1 fully saturated rings. The summed E-state index contributed by atoms with van der Waals surface area (Å²) in [6.45, 7) is 5.55. The van der Waals surface area contributed by atoms with E-state index in [9.17, 15) is 0 Å². The summed E-state index contributed by atoms with van der Waals surface area (Å²) < 4.78 is 10.9. The Bertz CT molecular complexity index is 747. The smallest absolute Gasteiger partial charge is 0.194 e. The van der Waals surface area contributed by atoms with Crippen LogP contribution in [0.2, 0.25) is 0 Å². The summed E-state index contributed by atoms with van der Waals surface area (Å²) >= 11 is 1.72. The van der Waals surface area contributed by atoms with E-state index in [1.54, 1.807) is 25.6 Å². The van der Waals surface area contributed by atoms with E-state index >= 15 is 0 Å². The topological polar surface area (TPSA) is 49.3 Å². The predicted octanol–water partition coefficient (Wildman–Crippen LogP) is 3.28. The summed E-state index contributed by atoms with van der Waals surface area (Å²) in [6, 6.07) is 8.11. The average molecular weight is 516 g/mol. The molecule has 154 valence electrons. The van der Waals surface area contributed by atoms with Crippen molar-refractivity contribution in [3.8, 4) is 11.5 Å². The fraction of sp³-hybridized carbons (Fsp3) is 0.450. The van der Waals surface area contributed by atoms with E-state index in [2.05, 4.69) is 43.0 Å². The van der Waals surface area contributed by atoms with Crippen LogP contribution < -0.4 is 14.8 Å². The number of ether oxygens (including phenoxy) is 2. The van der Waals surface area contributed by atoms with Crippen molar-refractivity contribution in [3.05, 3.63) is 46.2 Å². The maximum atomic E-state index is 5.51. The number of hydrogen-bond acceptors (Lipinski definition) is 5. The molecule has 1 aliphatic heterocycles. The van der Waals surface area contributed by atoms with Crippen molar-refractivity contribution in [3.63, 3.8) is 0 Å². The van der Waals surface area contributed by atoms with E-state index in [0.29, 0.717) is 0 Å². The molecular weight excluding hydrogens is 487 g/mol. The Morgan fingerprint density at radius 2 is 1.93 bits per heavy atom. The minimum absolute atomic E-state index is 0. The lowest BCUT2D eigenvalue weighted by Gasteiger charge is -2.36. The molecule has 1 aliphatic rings. The monoisotopic (exact) mass is 516 g/mol. The molecule has 0 spiro atoms. The Kier molecular flexibility index (Phi) is 9.33. The molecule has 0 radical (unpaired) electrons. The van der Waals surface area contributed by atoms with Gasteiger partial charge in [-0.25, -0.2) is 0 Å². The van der Waals surface area contributed by atoms with Gasteiger partial charge in [0.2, 0.25) is 0 Å². The summed E-state index contributed by atoms with van der Waals surface area (Å²) in [4.78, 5) is 9.22. The van der Waals surface area contributed by atoms with Gasteiger partial charge in [0.25, 0.3) is 0 Å². The van der Waals surface area contributed by atoms with Gasteiger partial charge in [-0.2, -0.15) is 11.3 Å². The van der Waals surface area contributed by atoms with Crippen LogP contribution in [0.3, 0.4) is 0 Å². The van der Waals surface area contributed by atoms with Gasteiger partial charge in [0.05, 0.1) is 14.2 Å². The van der Waals surface area contributed by atoms with Gasteiger partial charge in [-0.15, -0.1) is 24.0 Å². The maximum Gasteiger partial charge on any atom is 0.194 e. The number of methoxy groups -OCH3 is 2. The Morgan fingerprint density at radius 3 is 2.54 bits per heavy atom. The molecule has 0 aliphatic carbocycles. The number of nitrogens with one attached hydrogen (secondary N) is 1. The number of nitrogens with zero attached hydrogens (tertiary/aromatic N) is 3.